The van der Waals surface area contributed by atoms with E-state index in [0.29, 0.717) is 36.7 Å². The molecule has 1 fully saturated rings. The third-order valence-electron chi connectivity index (χ3n) is 4.83. The molecule has 1 aliphatic heterocycles. The Morgan fingerprint density at radius 2 is 2.04 bits per heavy atom. The Labute approximate surface area is 151 Å². The second kappa shape index (κ2) is 7.27. The van der Waals surface area contributed by atoms with Crippen LogP contribution in [0.3, 0.4) is 0 Å². The van der Waals surface area contributed by atoms with Crippen LogP contribution in [0.2, 0.25) is 0 Å². The number of aromatic nitrogens is 2. The summed E-state index contributed by atoms with van der Waals surface area (Å²) in [6.45, 7) is 4.34. The number of hydrogen-bond acceptors (Lipinski definition) is 4. The first-order valence-corrected chi connectivity index (χ1v) is 8.89. The number of benzene rings is 1. The van der Waals surface area contributed by atoms with Gasteiger partial charge in [-0.3, -0.25) is 14.2 Å². The van der Waals surface area contributed by atoms with E-state index in [2.05, 4.69) is 4.98 Å². The number of carboxylic acid groups (broad SMARTS) is 1. The molecule has 0 radical (unpaired) electrons. The number of rotatable bonds is 5. The first-order chi connectivity index (χ1) is 12.4. The topological polar surface area (TPSA) is 92.5 Å². The average Bonchev–Trinajstić information content (AvgIpc) is 3.10. The number of nitrogens with zero attached hydrogens (tertiary/aromatic N) is 3. The predicted molar refractivity (Wildman–Crippen MR) is 96.9 cm³/mol. The number of likely N-dealkylation sites (tertiary alicyclic amines) is 1. The molecule has 1 aromatic carbocycles. The maximum absolute atomic E-state index is 13.2. The number of fused-ring (bicyclic) bond motifs is 1. The van der Waals surface area contributed by atoms with Gasteiger partial charge < -0.3 is 10.0 Å². The van der Waals surface area contributed by atoms with Crippen molar-refractivity contribution in [2.45, 2.75) is 45.2 Å². The molecule has 1 aliphatic rings. The zero-order chi connectivity index (χ0) is 18.8. The molecule has 2 unspecified atom stereocenters. The van der Waals surface area contributed by atoms with E-state index in [-0.39, 0.29) is 17.4 Å². The minimum Gasteiger partial charge on any atom is -0.480 e. The highest BCUT2D eigenvalue weighted by Gasteiger charge is 2.38. The van der Waals surface area contributed by atoms with Crippen LogP contribution in [0.1, 0.15) is 39.2 Å². The van der Waals surface area contributed by atoms with Crippen LogP contribution in [-0.2, 0) is 9.59 Å². The maximum atomic E-state index is 13.2. The van der Waals surface area contributed by atoms with Gasteiger partial charge in [0.05, 0.1) is 17.2 Å². The molecule has 0 aliphatic carbocycles. The highest BCUT2D eigenvalue weighted by atomic mass is 16.4. The molecule has 0 bridgehead atoms. The van der Waals surface area contributed by atoms with Crippen LogP contribution in [-0.4, -0.2) is 44.0 Å². The summed E-state index contributed by atoms with van der Waals surface area (Å²) >= 11 is 0. The van der Waals surface area contributed by atoms with Crippen molar-refractivity contribution < 1.29 is 14.7 Å². The van der Waals surface area contributed by atoms with Gasteiger partial charge in [0, 0.05) is 6.54 Å². The minimum atomic E-state index is -0.997. The van der Waals surface area contributed by atoms with Gasteiger partial charge in [0.1, 0.15) is 12.1 Å². The van der Waals surface area contributed by atoms with E-state index in [1.807, 2.05) is 13.8 Å². The fourth-order valence-corrected chi connectivity index (χ4v) is 3.56. The quantitative estimate of drug-likeness (QED) is 0.884. The Bertz CT molecular complexity index is 890. The average molecular weight is 357 g/mol. The van der Waals surface area contributed by atoms with Gasteiger partial charge in [0.25, 0.3) is 5.56 Å². The van der Waals surface area contributed by atoms with Crippen LogP contribution in [0.4, 0.5) is 0 Å². The van der Waals surface area contributed by atoms with E-state index < -0.39 is 18.1 Å². The van der Waals surface area contributed by atoms with Gasteiger partial charge in [-0.2, -0.15) is 0 Å². The summed E-state index contributed by atoms with van der Waals surface area (Å²) in [4.78, 5) is 43.3. The molecule has 7 nitrogen and oxygen atoms in total. The second-order valence-electron chi connectivity index (χ2n) is 7.15. The Hall–Kier alpha value is -2.70. The molecular formula is C19H23N3O4. The van der Waals surface area contributed by atoms with Gasteiger partial charge in [-0.1, -0.05) is 26.0 Å². The lowest BCUT2D eigenvalue weighted by Crippen LogP contribution is -2.46. The van der Waals surface area contributed by atoms with E-state index >= 15 is 0 Å². The maximum Gasteiger partial charge on any atom is 0.326 e. The summed E-state index contributed by atoms with van der Waals surface area (Å²) in [6.07, 6.45) is 2.95. The highest BCUT2D eigenvalue weighted by molar-refractivity contribution is 5.87. The number of hydrogen-bond donors (Lipinski definition) is 1. The van der Waals surface area contributed by atoms with Crippen LogP contribution in [0.15, 0.2) is 35.4 Å². The van der Waals surface area contributed by atoms with E-state index in [9.17, 15) is 19.5 Å². The summed E-state index contributed by atoms with van der Waals surface area (Å²) in [7, 11) is 0. The molecule has 1 saturated heterocycles. The van der Waals surface area contributed by atoms with Crippen molar-refractivity contribution in [3.05, 3.63) is 40.9 Å². The van der Waals surface area contributed by atoms with Crippen molar-refractivity contribution in [1.82, 2.24) is 14.5 Å². The molecule has 0 spiro atoms. The molecule has 3 rings (SSSR count). The SMILES string of the molecule is CC(C)CC(C(=O)N1CCCC1C(=O)O)n1cnc2ccccc2c1=O. The number of carboxylic acids is 1. The van der Waals surface area contributed by atoms with Gasteiger partial charge >= 0.3 is 5.97 Å². The fourth-order valence-electron chi connectivity index (χ4n) is 3.56. The Morgan fingerprint density at radius 1 is 1.31 bits per heavy atom. The Morgan fingerprint density at radius 3 is 2.73 bits per heavy atom. The molecule has 1 N–H and O–H groups in total. The van der Waals surface area contributed by atoms with Gasteiger partial charge in [-0.15, -0.1) is 0 Å². The first kappa shape index (κ1) is 18.1. The lowest BCUT2D eigenvalue weighted by atomic mass is 10.0. The summed E-state index contributed by atoms with van der Waals surface area (Å²) in [5.41, 5.74) is 0.301. The van der Waals surface area contributed by atoms with E-state index in [1.54, 1.807) is 24.3 Å². The summed E-state index contributed by atoms with van der Waals surface area (Å²) < 4.78 is 1.36. The Kier molecular flexibility index (Phi) is 5.06. The fraction of sp³-hybridized carbons (Fsp3) is 0.474. The molecule has 1 aromatic heterocycles. The minimum absolute atomic E-state index is 0.160. The third kappa shape index (κ3) is 3.34. The molecule has 0 saturated carbocycles. The van der Waals surface area contributed by atoms with Gasteiger partial charge in [0.15, 0.2) is 0 Å². The van der Waals surface area contributed by atoms with Crippen LogP contribution in [0.5, 0.6) is 0 Å². The lowest BCUT2D eigenvalue weighted by molar-refractivity contribution is -0.149. The van der Waals surface area contributed by atoms with E-state index in [1.165, 1.54) is 15.8 Å². The zero-order valence-corrected chi connectivity index (χ0v) is 15.0. The Balaban J connectivity index is 2.04. The van der Waals surface area contributed by atoms with Crippen LogP contribution < -0.4 is 5.56 Å². The normalized spacial score (nSPS) is 18.4. The smallest absolute Gasteiger partial charge is 0.326 e. The highest BCUT2D eigenvalue weighted by Crippen LogP contribution is 2.25. The van der Waals surface area contributed by atoms with E-state index in [0.717, 1.165) is 0 Å². The number of aliphatic carboxylic acids is 1. The molecule has 1 amide bonds. The van der Waals surface area contributed by atoms with Crippen molar-refractivity contribution >= 4 is 22.8 Å². The van der Waals surface area contributed by atoms with Gasteiger partial charge in [-0.05, 0) is 37.3 Å². The number of carbonyl (C=O) groups excluding carboxylic acids is 1. The molecule has 2 aromatic rings. The summed E-state index contributed by atoms with van der Waals surface area (Å²) in [6, 6.07) is 5.43. The molecule has 2 heterocycles. The molecule has 7 heteroatoms. The van der Waals surface area contributed by atoms with Crippen molar-refractivity contribution in [2.24, 2.45) is 5.92 Å². The lowest BCUT2D eigenvalue weighted by Gasteiger charge is -2.28. The van der Waals surface area contributed by atoms with Crippen molar-refractivity contribution in [1.29, 1.82) is 0 Å². The predicted octanol–water partition coefficient (Wildman–Crippen LogP) is 2.06. The third-order valence-corrected chi connectivity index (χ3v) is 4.83. The zero-order valence-electron chi connectivity index (χ0n) is 15.0. The van der Waals surface area contributed by atoms with Crippen LogP contribution in [0.25, 0.3) is 10.9 Å². The standard InChI is InChI=1S/C19H23N3O4/c1-12(2)10-16(18(24)21-9-5-8-15(21)19(25)26)22-11-20-14-7-4-3-6-13(14)17(22)23/h3-4,6-7,11-12,15-16H,5,8-10H2,1-2H3,(H,25,26). The van der Waals surface area contributed by atoms with Gasteiger partial charge in [-0.25, -0.2) is 9.78 Å². The number of carbonyl (C=O) groups is 2. The van der Waals surface area contributed by atoms with Crippen molar-refractivity contribution in [3.63, 3.8) is 0 Å². The largest absolute Gasteiger partial charge is 0.480 e. The van der Waals surface area contributed by atoms with Gasteiger partial charge in [0.2, 0.25) is 5.91 Å². The van der Waals surface area contributed by atoms with Crippen LogP contribution in [0, 0.1) is 5.92 Å². The molecule has 26 heavy (non-hydrogen) atoms. The first-order valence-electron chi connectivity index (χ1n) is 8.89. The van der Waals surface area contributed by atoms with E-state index in [4.69, 9.17) is 0 Å². The number of para-hydroxylation sites is 1. The van der Waals surface area contributed by atoms with Crippen molar-refractivity contribution in [2.75, 3.05) is 6.54 Å². The molecular weight excluding hydrogens is 334 g/mol. The second-order valence-corrected chi connectivity index (χ2v) is 7.15. The molecule has 2 atom stereocenters. The number of amides is 1. The summed E-state index contributed by atoms with van der Waals surface area (Å²) in [5, 5.41) is 9.84. The summed E-state index contributed by atoms with van der Waals surface area (Å²) in [5.74, 6) is -1.15. The molecule has 138 valence electrons. The van der Waals surface area contributed by atoms with Crippen molar-refractivity contribution in [3.8, 4) is 0 Å². The van der Waals surface area contributed by atoms with Crippen LogP contribution >= 0.6 is 0 Å². The monoisotopic (exact) mass is 357 g/mol.